The highest BCUT2D eigenvalue weighted by atomic mass is 32.2. The maximum absolute atomic E-state index is 11.8. The van der Waals surface area contributed by atoms with Crippen LogP contribution in [0.4, 0.5) is 0 Å². The van der Waals surface area contributed by atoms with Crippen molar-refractivity contribution >= 4 is 15.9 Å². The molecule has 0 aliphatic heterocycles. The van der Waals surface area contributed by atoms with Gasteiger partial charge in [-0.2, -0.15) is 13.2 Å². The summed E-state index contributed by atoms with van der Waals surface area (Å²) in [6.07, 6.45) is 0.533. The predicted octanol–water partition coefficient (Wildman–Crippen LogP) is 1.72. The Morgan fingerprint density at radius 1 is 1.29 bits per heavy atom. The van der Waals surface area contributed by atoms with Gasteiger partial charge in [-0.25, -0.2) is 0 Å². The zero-order chi connectivity index (χ0) is 12.7. The molecule has 17 heavy (non-hydrogen) atoms. The lowest BCUT2D eigenvalue weighted by Gasteiger charge is -2.06. The quantitative estimate of drug-likeness (QED) is 0.495. The van der Waals surface area contributed by atoms with E-state index in [9.17, 15) is 8.42 Å². The van der Waals surface area contributed by atoms with E-state index in [4.69, 9.17) is 4.74 Å². The number of rotatable bonds is 5. The molecule has 0 heterocycles. The van der Waals surface area contributed by atoms with Crippen LogP contribution in [-0.2, 0) is 14.8 Å². The second-order valence-corrected chi connectivity index (χ2v) is 4.86. The van der Waals surface area contributed by atoms with Crippen molar-refractivity contribution in [3.8, 4) is 0 Å². The van der Waals surface area contributed by atoms with E-state index >= 15 is 0 Å². The first-order valence-corrected chi connectivity index (χ1v) is 6.84. The Hall–Kier alpha value is -1.56. The van der Waals surface area contributed by atoms with Crippen molar-refractivity contribution in [1.29, 1.82) is 0 Å². The van der Waals surface area contributed by atoms with Gasteiger partial charge in [-0.05, 0) is 19.1 Å². The molecule has 0 saturated heterocycles. The third-order valence-electron chi connectivity index (χ3n) is 1.96. The van der Waals surface area contributed by atoms with Crippen LogP contribution < -0.4 is 4.83 Å². The summed E-state index contributed by atoms with van der Waals surface area (Å²) in [6, 6.07) is 8.07. The number of hydrogen-bond acceptors (Lipinski definition) is 4. The SMILES string of the molecule is CCO/C(CC)=N/NS(=O)(=O)c1ccccc1. The molecule has 5 nitrogen and oxygen atoms in total. The normalized spacial score (nSPS) is 12.2. The molecular formula is C11H16N2O3S. The number of sulfonamides is 1. The molecule has 1 aromatic carbocycles. The lowest BCUT2D eigenvalue weighted by molar-refractivity contribution is 0.316. The van der Waals surface area contributed by atoms with E-state index in [-0.39, 0.29) is 4.90 Å². The smallest absolute Gasteiger partial charge is 0.276 e. The summed E-state index contributed by atoms with van der Waals surface area (Å²) >= 11 is 0. The Bertz CT molecular complexity index is 469. The van der Waals surface area contributed by atoms with Gasteiger partial charge in [0.15, 0.2) is 0 Å². The fraction of sp³-hybridized carbons (Fsp3) is 0.364. The van der Waals surface area contributed by atoms with Crippen molar-refractivity contribution in [2.75, 3.05) is 6.61 Å². The fourth-order valence-electron chi connectivity index (χ4n) is 1.14. The van der Waals surface area contributed by atoms with E-state index in [2.05, 4.69) is 9.93 Å². The summed E-state index contributed by atoms with van der Waals surface area (Å²) in [5, 5.41) is 3.74. The van der Waals surface area contributed by atoms with Crippen LogP contribution in [0.1, 0.15) is 20.3 Å². The van der Waals surface area contributed by atoms with Gasteiger partial charge in [-0.15, -0.1) is 5.10 Å². The molecule has 0 spiro atoms. The summed E-state index contributed by atoms with van der Waals surface area (Å²) in [7, 11) is -3.60. The van der Waals surface area contributed by atoms with Gasteiger partial charge in [0, 0.05) is 6.42 Å². The molecule has 1 N–H and O–H groups in total. The minimum absolute atomic E-state index is 0.177. The standard InChI is InChI=1S/C11H16N2O3S/c1-3-11(16-4-2)12-13-17(14,15)10-8-6-5-7-9-10/h5-9,13H,3-4H2,1-2H3/b12-11+. The minimum atomic E-state index is -3.60. The Labute approximate surface area is 102 Å². The minimum Gasteiger partial charge on any atom is -0.480 e. The summed E-state index contributed by atoms with van der Waals surface area (Å²) in [5.41, 5.74) is 0. The summed E-state index contributed by atoms with van der Waals surface area (Å²) in [5.74, 6) is 0.368. The summed E-state index contributed by atoms with van der Waals surface area (Å²) in [4.78, 5) is 2.32. The van der Waals surface area contributed by atoms with Gasteiger partial charge in [-0.3, -0.25) is 0 Å². The number of nitrogens with zero attached hydrogens (tertiary/aromatic N) is 1. The summed E-state index contributed by atoms with van der Waals surface area (Å²) in [6.45, 7) is 4.11. The second-order valence-electron chi connectivity index (χ2n) is 3.20. The van der Waals surface area contributed by atoms with Gasteiger partial charge in [0.2, 0.25) is 5.90 Å². The van der Waals surface area contributed by atoms with Gasteiger partial charge in [0.25, 0.3) is 10.0 Å². The van der Waals surface area contributed by atoms with Gasteiger partial charge in [0.1, 0.15) is 0 Å². The van der Waals surface area contributed by atoms with Crippen molar-refractivity contribution in [3.63, 3.8) is 0 Å². The third-order valence-corrected chi connectivity index (χ3v) is 3.18. The second kappa shape index (κ2) is 6.24. The monoisotopic (exact) mass is 256 g/mol. The number of ether oxygens (including phenoxy) is 1. The number of benzene rings is 1. The Balaban J connectivity index is 2.81. The van der Waals surface area contributed by atoms with Crippen molar-refractivity contribution in [2.45, 2.75) is 25.2 Å². The highest BCUT2D eigenvalue weighted by molar-refractivity contribution is 7.89. The van der Waals surface area contributed by atoms with Crippen LogP contribution in [0.15, 0.2) is 40.3 Å². The molecule has 0 atom stereocenters. The molecule has 1 rings (SSSR count). The number of nitrogens with one attached hydrogen (secondary N) is 1. The maximum Gasteiger partial charge on any atom is 0.276 e. The molecule has 0 saturated carbocycles. The fourth-order valence-corrected chi connectivity index (χ4v) is 1.99. The molecule has 94 valence electrons. The molecule has 0 fully saturated rings. The van der Waals surface area contributed by atoms with E-state index in [1.807, 2.05) is 13.8 Å². The van der Waals surface area contributed by atoms with Crippen LogP contribution in [0.25, 0.3) is 0 Å². The van der Waals surface area contributed by atoms with Gasteiger partial charge in [-0.1, -0.05) is 25.1 Å². The molecule has 0 radical (unpaired) electrons. The molecule has 6 heteroatoms. The molecule has 0 unspecified atom stereocenters. The molecule has 0 bridgehead atoms. The van der Waals surface area contributed by atoms with E-state index in [0.717, 1.165) is 0 Å². The van der Waals surface area contributed by atoms with Crippen molar-refractivity contribution in [2.24, 2.45) is 5.10 Å². The van der Waals surface area contributed by atoms with Crippen molar-refractivity contribution in [1.82, 2.24) is 4.83 Å². The molecular weight excluding hydrogens is 240 g/mol. The molecule has 0 amide bonds. The topological polar surface area (TPSA) is 67.8 Å². The van der Waals surface area contributed by atoms with E-state index in [0.29, 0.717) is 18.9 Å². The van der Waals surface area contributed by atoms with Gasteiger partial charge >= 0.3 is 0 Å². The van der Waals surface area contributed by atoms with E-state index in [1.165, 1.54) is 12.1 Å². The largest absolute Gasteiger partial charge is 0.480 e. The lowest BCUT2D eigenvalue weighted by atomic mass is 10.4. The number of hydrogen-bond donors (Lipinski definition) is 1. The van der Waals surface area contributed by atoms with Crippen LogP contribution >= 0.6 is 0 Å². The predicted molar refractivity (Wildman–Crippen MR) is 66.1 cm³/mol. The van der Waals surface area contributed by atoms with Crippen LogP contribution in [0.5, 0.6) is 0 Å². The van der Waals surface area contributed by atoms with Gasteiger partial charge in [0.05, 0.1) is 11.5 Å². The van der Waals surface area contributed by atoms with E-state index < -0.39 is 10.0 Å². The molecule has 0 aromatic heterocycles. The molecule has 0 aliphatic carbocycles. The number of hydrazone groups is 1. The average Bonchev–Trinajstić information content (AvgIpc) is 2.35. The maximum atomic E-state index is 11.8. The van der Waals surface area contributed by atoms with E-state index in [1.54, 1.807) is 18.2 Å². The highest BCUT2D eigenvalue weighted by Gasteiger charge is 2.12. The summed E-state index contributed by atoms with van der Waals surface area (Å²) < 4.78 is 28.7. The molecule has 0 aliphatic rings. The van der Waals surface area contributed by atoms with Crippen LogP contribution in [0.2, 0.25) is 0 Å². The molecule has 1 aromatic rings. The first-order valence-electron chi connectivity index (χ1n) is 5.36. The van der Waals surface area contributed by atoms with Gasteiger partial charge < -0.3 is 4.74 Å². The zero-order valence-corrected chi connectivity index (χ0v) is 10.7. The lowest BCUT2D eigenvalue weighted by Crippen LogP contribution is -2.21. The Morgan fingerprint density at radius 2 is 1.94 bits per heavy atom. The first-order chi connectivity index (χ1) is 8.10. The first kappa shape index (κ1) is 13.5. The van der Waals surface area contributed by atoms with Crippen LogP contribution in [0.3, 0.4) is 0 Å². The highest BCUT2D eigenvalue weighted by Crippen LogP contribution is 2.06. The average molecular weight is 256 g/mol. The van der Waals surface area contributed by atoms with Crippen LogP contribution in [0, 0.1) is 0 Å². The van der Waals surface area contributed by atoms with Crippen molar-refractivity contribution < 1.29 is 13.2 Å². The van der Waals surface area contributed by atoms with Crippen LogP contribution in [-0.4, -0.2) is 20.9 Å². The van der Waals surface area contributed by atoms with Crippen molar-refractivity contribution in [3.05, 3.63) is 30.3 Å². The Morgan fingerprint density at radius 3 is 2.47 bits per heavy atom. The third kappa shape index (κ3) is 4.07. The Kier molecular flexibility index (Phi) is 4.96. The zero-order valence-electron chi connectivity index (χ0n) is 9.88.